The quantitative estimate of drug-likeness (QED) is 0.879. The molecular weight excluding hydrogens is 330 g/mol. The molecule has 0 unspecified atom stereocenters. The van der Waals surface area contributed by atoms with Crippen LogP contribution >= 0.6 is 0 Å². The summed E-state index contributed by atoms with van der Waals surface area (Å²) in [5, 5.41) is 7.69. The van der Waals surface area contributed by atoms with Gasteiger partial charge in [0, 0.05) is 50.4 Å². The fraction of sp³-hybridized carbons (Fsp3) is 0.737. The number of piperidine rings is 1. The second-order valence-electron chi connectivity index (χ2n) is 7.85. The summed E-state index contributed by atoms with van der Waals surface area (Å²) in [6.45, 7) is 2.80. The van der Waals surface area contributed by atoms with E-state index in [-0.39, 0.29) is 11.9 Å². The van der Waals surface area contributed by atoms with Crippen LogP contribution in [-0.4, -0.2) is 57.2 Å². The average molecular weight is 359 g/mol. The van der Waals surface area contributed by atoms with Crippen molar-refractivity contribution in [1.29, 1.82) is 0 Å². The summed E-state index contributed by atoms with van der Waals surface area (Å²) in [6, 6.07) is 0.315. The Kier molecular flexibility index (Phi) is 4.87. The summed E-state index contributed by atoms with van der Waals surface area (Å²) in [7, 11) is 1.90. The second-order valence-corrected chi connectivity index (χ2v) is 7.85. The Bertz CT molecular complexity index is 686. The smallest absolute Gasteiger partial charge is 0.317 e. The molecule has 0 atom stereocenters. The van der Waals surface area contributed by atoms with Crippen molar-refractivity contribution in [3.8, 4) is 0 Å². The molecule has 4 rings (SSSR count). The van der Waals surface area contributed by atoms with Crippen molar-refractivity contribution >= 4 is 11.9 Å². The number of carbonyl (C=O) groups is 2. The zero-order valence-electron chi connectivity index (χ0n) is 15.7. The Morgan fingerprint density at radius 2 is 1.73 bits per heavy atom. The molecule has 1 saturated heterocycles. The van der Waals surface area contributed by atoms with Crippen LogP contribution in [0.15, 0.2) is 0 Å². The first-order chi connectivity index (χ1) is 12.6. The molecule has 3 aliphatic rings. The van der Waals surface area contributed by atoms with E-state index in [1.165, 1.54) is 19.3 Å². The van der Waals surface area contributed by atoms with Crippen LogP contribution in [0.4, 0.5) is 4.79 Å². The average Bonchev–Trinajstić information content (AvgIpc) is 3.29. The number of aromatic nitrogens is 2. The van der Waals surface area contributed by atoms with Crippen molar-refractivity contribution < 1.29 is 9.59 Å². The van der Waals surface area contributed by atoms with E-state index in [0.29, 0.717) is 24.8 Å². The van der Waals surface area contributed by atoms with Crippen molar-refractivity contribution in [2.45, 2.75) is 64.0 Å². The molecule has 7 heteroatoms. The number of hydrogen-bond acceptors (Lipinski definition) is 3. The van der Waals surface area contributed by atoms with Gasteiger partial charge in [-0.3, -0.25) is 9.48 Å². The van der Waals surface area contributed by atoms with Crippen molar-refractivity contribution in [1.82, 2.24) is 24.9 Å². The molecule has 1 aromatic heterocycles. The first kappa shape index (κ1) is 17.4. The molecule has 0 bridgehead atoms. The van der Waals surface area contributed by atoms with Crippen LogP contribution in [0.5, 0.6) is 0 Å². The molecule has 0 spiro atoms. The van der Waals surface area contributed by atoms with E-state index in [2.05, 4.69) is 10.4 Å². The maximum absolute atomic E-state index is 13.0. The Hall–Kier alpha value is -2.05. The molecule has 1 aliphatic carbocycles. The van der Waals surface area contributed by atoms with Crippen LogP contribution in [0.2, 0.25) is 0 Å². The van der Waals surface area contributed by atoms with Crippen LogP contribution in [0.25, 0.3) is 0 Å². The predicted molar refractivity (Wildman–Crippen MR) is 97.9 cm³/mol. The molecule has 2 aliphatic heterocycles. The summed E-state index contributed by atoms with van der Waals surface area (Å²) < 4.78 is 1.83. The number of aryl methyl sites for hydroxylation is 1. The number of urea groups is 1. The molecule has 3 heterocycles. The fourth-order valence-electron chi connectivity index (χ4n) is 4.52. The van der Waals surface area contributed by atoms with Gasteiger partial charge in [0.1, 0.15) is 0 Å². The highest BCUT2D eigenvalue weighted by molar-refractivity contribution is 5.94. The van der Waals surface area contributed by atoms with Gasteiger partial charge in [0.05, 0.1) is 6.54 Å². The number of nitrogens with one attached hydrogen (secondary N) is 1. The van der Waals surface area contributed by atoms with Crippen LogP contribution in [-0.2, 0) is 20.0 Å². The van der Waals surface area contributed by atoms with Crippen LogP contribution in [0.1, 0.15) is 66.7 Å². The third-order valence-corrected chi connectivity index (χ3v) is 6.06. The van der Waals surface area contributed by atoms with Gasteiger partial charge in [0.15, 0.2) is 5.69 Å². The number of nitrogens with zero attached hydrogens (tertiary/aromatic N) is 4. The summed E-state index contributed by atoms with van der Waals surface area (Å²) in [5.41, 5.74) is 2.58. The van der Waals surface area contributed by atoms with Crippen molar-refractivity contribution in [3.05, 3.63) is 17.0 Å². The predicted octanol–water partition coefficient (Wildman–Crippen LogP) is 2.06. The first-order valence-corrected chi connectivity index (χ1v) is 10.0. The van der Waals surface area contributed by atoms with E-state index in [9.17, 15) is 9.59 Å². The summed E-state index contributed by atoms with van der Waals surface area (Å²) >= 11 is 0. The first-order valence-electron chi connectivity index (χ1n) is 10.0. The lowest BCUT2D eigenvalue weighted by Gasteiger charge is -2.30. The van der Waals surface area contributed by atoms with Gasteiger partial charge in [0.2, 0.25) is 0 Å². The zero-order valence-corrected chi connectivity index (χ0v) is 15.7. The van der Waals surface area contributed by atoms with Gasteiger partial charge in [0.25, 0.3) is 5.91 Å². The van der Waals surface area contributed by atoms with Gasteiger partial charge in [-0.05, 0) is 32.1 Å². The lowest BCUT2D eigenvalue weighted by molar-refractivity contribution is 0.0715. The van der Waals surface area contributed by atoms with Gasteiger partial charge in [-0.1, -0.05) is 12.8 Å². The molecule has 7 nitrogen and oxygen atoms in total. The van der Waals surface area contributed by atoms with E-state index >= 15 is 0 Å². The Labute approximate surface area is 154 Å². The maximum atomic E-state index is 13.0. The highest BCUT2D eigenvalue weighted by Gasteiger charge is 2.32. The minimum absolute atomic E-state index is 0.00257. The monoisotopic (exact) mass is 359 g/mol. The molecular formula is C19H29N5O2. The van der Waals surface area contributed by atoms with Gasteiger partial charge >= 0.3 is 6.03 Å². The van der Waals surface area contributed by atoms with E-state index in [1.54, 1.807) is 0 Å². The van der Waals surface area contributed by atoms with Gasteiger partial charge in [-0.2, -0.15) is 5.10 Å². The molecule has 3 amide bonds. The Morgan fingerprint density at radius 1 is 1.00 bits per heavy atom. The molecule has 2 fully saturated rings. The minimum Gasteiger partial charge on any atom is -0.337 e. The maximum Gasteiger partial charge on any atom is 0.317 e. The Balaban J connectivity index is 1.50. The topological polar surface area (TPSA) is 70.5 Å². The number of amides is 3. The van der Waals surface area contributed by atoms with Crippen molar-refractivity contribution in [2.24, 2.45) is 7.05 Å². The highest BCUT2D eigenvalue weighted by atomic mass is 16.2. The molecule has 0 aromatic carbocycles. The van der Waals surface area contributed by atoms with Crippen molar-refractivity contribution in [2.75, 3.05) is 19.6 Å². The largest absolute Gasteiger partial charge is 0.337 e. The third kappa shape index (κ3) is 3.31. The number of hydrogen-bond donors (Lipinski definition) is 1. The number of fused-ring (bicyclic) bond motifs is 1. The molecule has 1 saturated carbocycles. The van der Waals surface area contributed by atoms with Gasteiger partial charge < -0.3 is 15.1 Å². The van der Waals surface area contributed by atoms with Crippen molar-refractivity contribution in [3.63, 3.8) is 0 Å². The van der Waals surface area contributed by atoms with E-state index in [0.717, 1.165) is 56.5 Å². The molecule has 142 valence electrons. The zero-order chi connectivity index (χ0) is 18.1. The van der Waals surface area contributed by atoms with Gasteiger partial charge in [-0.25, -0.2) is 4.79 Å². The van der Waals surface area contributed by atoms with E-state index in [4.69, 9.17) is 0 Å². The standard InChI is InChI=1S/C19H29N5O2/c1-22-16-9-12-24(19(26)20-14-7-3-4-8-14)13-15(16)17(21-22)18(25)23-10-5-2-6-11-23/h14H,2-13H2,1H3,(H,20,26). The SMILES string of the molecule is Cn1nc(C(=O)N2CCCCC2)c2c1CCN(C(=O)NC1CCCC1)C2. The molecule has 0 radical (unpaired) electrons. The summed E-state index contributed by atoms with van der Waals surface area (Å²) in [4.78, 5) is 29.4. The number of rotatable bonds is 2. The van der Waals surface area contributed by atoms with Crippen LogP contribution in [0.3, 0.4) is 0 Å². The highest BCUT2D eigenvalue weighted by Crippen LogP contribution is 2.25. The Morgan fingerprint density at radius 3 is 2.46 bits per heavy atom. The van der Waals surface area contributed by atoms with E-state index in [1.807, 2.05) is 21.5 Å². The second kappa shape index (κ2) is 7.29. The lowest BCUT2D eigenvalue weighted by atomic mass is 10.0. The molecule has 1 aromatic rings. The molecule has 1 N–H and O–H groups in total. The third-order valence-electron chi connectivity index (χ3n) is 6.06. The number of carbonyl (C=O) groups excluding carboxylic acids is 2. The number of likely N-dealkylation sites (tertiary alicyclic amines) is 1. The lowest BCUT2D eigenvalue weighted by Crippen LogP contribution is -2.46. The van der Waals surface area contributed by atoms with Crippen LogP contribution in [0, 0.1) is 0 Å². The minimum atomic E-state index is 0.00257. The fourth-order valence-corrected chi connectivity index (χ4v) is 4.52. The summed E-state index contributed by atoms with van der Waals surface area (Å²) in [6.07, 6.45) is 8.64. The normalized spacial score (nSPS) is 21.0. The molecule has 26 heavy (non-hydrogen) atoms. The van der Waals surface area contributed by atoms with Crippen LogP contribution < -0.4 is 5.32 Å². The van der Waals surface area contributed by atoms with Gasteiger partial charge in [-0.15, -0.1) is 0 Å². The summed E-state index contributed by atoms with van der Waals surface area (Å²) in [5.74, 6) is 0.0274. The van der Waals surface area contributed by atoms with E-state index < -0.39 is 0 Å².